The van der Waals surface area contributed by atoms with Crippen molar-refractivity contribution in [3.8, 4) is 0 Å². The Kier molecular flexibility index (Phi) is 3.85. The fraction of sp³-hybridized carbons (Fsp3) is 0.357. The van der Waals surface area contributed by atoms with Gasteiger partial charge >= 0.3 is 5.97 Å². The van der Waals surface area contributed by atoms with Gasteiger partial charge in [-0.3, -0.25) is 9.10 Å². The molecule has 0 aromatic heterocycles. The molecule has 0 bridgehead atoms. The molecule has 0 amide bonds. The third kappa shape index (κ3) is 2.43. The number of hydrogen-bond acceptors (Lipinski definition) is 4. The van der Waals surface area contributed by atoms with E-state index >= 15 is 0 Å². The van der Waals surface area contributed by atoms with E-state index in [-0.39, 0.29) is 23.1 Å². The highest BCUT2D eigenvalue weighted by atomic mass is 32.2. The van der Waals surface area contributed by atoms with E-state index < -0.39 is 16.0 Å². The van der Waals surface area contributed by atoms with Gasteiger partial charge in [0, 0.05) is 18.0 Å². The Morgan fingerprint density at radius 1 is 1.30 bits per heavy atom. The molecule has 1 aromatic carbocycles. The summed E-state index contributed by atoms with van der Waals surface area (Å²) in [6.45, 7) is 5.22. The molecule has 5 nitrogen and oxygen atoms in total. The molecular weight excluding hydrogens is 278 g/mol. The van der Waals surface area contributed by atoms with Crippen molar-refractivity contribution in [1.29, 1.82) is 0 Å². The molecule has 1 aliphatic heterocycles. The van der Waals surface area contributed by atoms with E-state index in [2.05, 4.69) is 0 Å². The topological polar surface area (TPSA) is 63.7 Å². The smallest absolute Gasteiger partial charge is 0.310 e. The molecule has 1 aromatic rings. The Morgan fingerprint density at radius 3 is 2.55 bits per heavy atom. The second-order valence-electron chi connectivity index (χ2n) is 4.75. The molecule has 0 atom stereocenters. The van der Waals surface area contributed by atoms with Crippen molar-refractivity contribution in [3.05, 3.63) is 36.0 Å². The lowest BCUT2D eigenvalue weighted by molar-refractivity contribution is -0.136. The Labute approximate surface area is 118 Å². The molecule has 108 valence electrons. The van der Waals surface area contributed by atoms with Crippen molar-refractivity contribution in [3.63, 3.8) is 0 Å². The molecule has 1 heterocycles. The van der Waals surface area contributed by atoms with Crippen LogP contribution in [0.15, 0.2) is 35.4 Å². The maximum absolute atomic E-state index is 12.5. The molecule has 6 heteroatoms. The molecule has 20 heavy (non-hydrogen) atoms. The molecule has 2 rings (SSSR count). The fourth-order valence-electron chi connectivity index (χ4n) is 1.97. The molecule has 0 saturated carbocycles. The number of rotatable bonds is 3. The number of esters is 1. The first-order chi connectivity index (χ1) is 9.37. The van der Waals surface area contributed by atoms with Crippen LogP contribution in [-0.2, 0) is 19.6 Å². The predicted octanol–water partition coefficient (Wildman–Crippen LogP) is 2.35. The minimum Gasteiger partial charge on any atom is -0.424 e. The largest absolute Gasteiger partial charge is 0.424 e. The van der Waals surface area contributed by atoms with E-state index in [0.29, 0.717) is 5.56 Å². The Balaban J connectivity index is 2.59. The van der Waals surface area contributed by atoms with Gasteiger partial charge in [-0.25, -0.2) is 8.42 Å². The van der Waals surface area contributed by atoms with Gasteiger partial charge in [0.15, 0.2) is 5.76 Å². The van der Waals surface area contributed by atoms with Crippen molar-refractivity contribution in [1.82, 2.24) is 4.31 Å². The van der Waals surface area contributed by atoms with Gasteiger partial charge in [0.25, 0.3) is 10.0 Å². The van der Waals surface area contributed by atoms with Gasteiger partial charge in [-0.2, -0.15) is 0 Å². The summed E-state index contributed by atoms with van der Waals surface area (Å²) in [6.07, 6.45) is 1.61. The number of carbonyl (C=O) groups is 1. The Bertz CT molecular complexity index is 662. The summed E-state index contributed by atoms with van der Waals surface area (Å²) in [5.74, 6) is -0.120. The summed E-state index contributed by atoms with van der Waals surface area (Å²) in [5.41, 5.74) is 0.422. The van der Waals surface area contributed by atoms with Crippen LogP contribution >= 0.6 is 0 Å². The molecule has 0 fully saturated rings. The second-order valence-corrected chi connectivity index (χ2v) is 6.56. The molecule has 0 radical (unpaired) electrons. The third-order valence-corrected chi connectivity index (χ3v) is 4.97. The van der Waals surface area contributed by atoms with E-state index in [1.807, 2.05) is 0 Å². The maximum Gasteiger partial charge on any atom is 0.310 e. The first kappa shape index (κ1) is 14.6. The van der Waals surface area contributed by atoms with Gasteiger partial charge in [0.05, 0.1) is 11.1 Å². The lowest BCUT2D eigenvalue weighted by Gasteiger charge is -2.30. The van der Waals surface area contributed by atoms with Gasteiger partial charge in [0.1, 0.15) is 0 Å². The zero-order chi connectivity index (χ0) is 14.9. The molecule has 0 saturated heterocycles. The van der Waals surface area contributed by atoms with E-state index in [1.54, 1.807) is 39.0 Å². The number of ether oxygens (including phenoxy) is 1. The molecule has 0 N–H and O–H groups in total. The lowest BCUT2D eigenvalue weighted by Crippen LogP contribution is -2.35. The number of benzene rings is 1. The third-order valence-electron chi connectivity index (χ3n) is 2.97. The summed E-state index contributed by atoms with van der Waals surface area (Å²) < 4.78 is 31.4. The number of nitrogens with zero attached hydrogens (tertiary/aromatic N) is 1. The summed E-state index contributed by atoms with van der Waals surface area (Å²) >= 11 is 0. The van der Waals surface area contributed by atoms with Crippen LogP contribution in [0.5, 0.6) is 0 Å². The predicted molar refractivity (Wildman–Crippen MR) is 75.0 cm³/mol. The van der Waals surface area contributed by atoms with E-state index in [9.17, 15) is 13.2 Å². The molecule has 0 aliphatic carbocycles. The quantitative estimate of drug-likeness (QED) is 0.803. The highest BCUT2D eigenvalue weighted by Gasteiger charge is 2.33. The molecule has 1 aliphatic rings. The van der Waals surface area contributed by atoms with E-state index in [1.165, 1.54) is 16.6 Å². The number of fused-ring (bicyclic) bond motifs is 1. The van der Waals surface area contributed by atoms with Gasteiger partial charge in [0.2, 0.25) is 0 Å². The van der Waals surface area contributed by atoms with Crippen LogP contribution in [0.4, 0.5) is 0 Å². The summed E-state index contributed by atoms with van der Waals surface area (Å²) in [4.78, 5) is 11.7. The molecule has 0 spiro atoms. The first-order valence-corrected chi connectivity index (χ1v) is 7.87. The van der Waals surface area contributed by atoms with Crippen LogP contribution < -0.4 is 0 Å². The van der Waals surface area contributed by atoms with Crippen molar-refractivity contribution in [2.24, 2.45) is 0 Å². The van der Waals surface area contributed by atoms with Crippen LogP contribution in [-0.4, -0.2) is 24.7 Å². The molecular formula is C14H17NO4S. The fourth-order valence-corrected chi connectivity index (χ4v) is 3.68. The van der Waals surface area contributed by atoms with Crippen LogP contribution in [0.3, 0.4) is 0 Å². The average molecular weight is 295 g/mol. The first-order valence-electron chi connectivity index (χ1n) is 6.43. The van der Waals surface area contributed by atoms with E-state index in [4.69, 9.17) is 4.74 Å². The van der Waals surface area contributed by atoms with Crippen molar-refractivity contribution >= 4 is 21.8 Å². The highest BCUT2D eigenvalue weighted by molar-refractivity contribution is 7.89. The normalized spacial score (nSPS) is 16.6. The van der Waals surface area contributed by atoms with Gasteiger partial charge in [-0.15, -0.1) is 0 Å². The zero-order valence-electron chi connectivity index (χ0n) is 11.7. The Hall–Kier alpha value is -1.82. The number of carbonyl (C=O) groups excluding carboxylic acids is 1. The number of hydrogen-bond donors (Lipinski definition) is 0. The SMILES string of the molecule is CCC(=O)OC1=CN(C(C)C)S(=O)(=O)c2ccccc21. The minimum absolute atomic E-state index is 0.162. The van der Waals surface area contributed by atoms with Gasteiger partial charge < -0.3 is 4.74 Å². The highest BCUT2D eigenvalue weighted by Crippen LogP contribution is 2.34. The van der Waals surface area contributed by atoms with Crippen molar-refractivity contribution in [2.45, 2.75) is 38.1 Å². The van der Waals surface area contributed by atoms with Gasteiger partial charge in [-0.1, -0.05) is 19.1 Å². The summed E-state index contributed by atoms with van der Waals surface area (Å²) in [7, 11) is -3.59. The summed E-state index contributed by atoms with van der Waals surface area (Å²) in [6, 6.07) is 6.27. The van der Waals surface area contributed by atoms with Gasteiger partial charge in [-0.05, 0) is 26.0 Å². The van der Waals surface area contributed by atoms with Crippen LogP contribution in [0.1, 0.15) is 32.8 Å². The monoisotopic (exact) mass is 295 g/mol. The van der Waals surface area contributed by atoms with Crippen LogP contribution in [0.25, 0.3) is 5.76 Å². The lowest BCUT2D eigenvalue weighted by atomic mass is 10.2. The second kappa shape index (κ2) is 5.28. The number of sulfonamides is 1. The van der Waals surface area contributed by atoms with E-state index in [0.717, 1.165) is 0 Å². The van der Waals surface area contributed by atoms with Crippen molar-refractivity contribution < 1.29 is 17.9 Å². The maximum atomic E-state index is 12.5. The average Bonchev–Trinajstić information content (AvgIpc) is 2.41. The standard InChI is InChI=1S/C14H17NO4S/c1-4-14(16)19-12-9-15(10(2)3)20(17,18)13-8-6-5-7-11(12)13/h5-10H,4H2,1-3H3. The molecule has 0 unspecified atom stereocenters. The van der Waals surface area contributed by atoms with Crippen LogP contribution in [0.2, 0.25) is 0 Å². The Morgan fingerprint density at radius 2 is 1.95 bits per heavy atom. The van der Waals surface area contributed by atoms with Crippen LogP contribution in [0, 0.1) is 0 Å². The van der Waals surface area contributed by atoms with Crippen molar-refractivity contribution in [2.75, 3.05) is 0 Å². The zero-order valence-corrected chi connectivity index (χ0v) is 12.5. The minimum atomic E-state index is -3.59. The summed E-state index contributed by atoms with van der Waals surface area (Å²) in [5, 5.41) is 0.